The van der Waals surface area contributed by atoms with E-state index in [-0.39, 0.29) is 37.5 Å². The van der Waals surface area contributed by atoms with Gasteiger partial charge in [-0.25, -0.2) is 0 Å². The van der Waals surface area contributed by atoms with E-state index in [0.29, 0.717) is 19.3 Å². The number of carbonyl (C=O) groups excluding carboxylic acids is 3. The third kappa shape index (κ3) is 68.0. The molecule has 0 aliphatic rings. The molecule has 0 saturated heterocycles. The summed E-state index contributed by atoms with van der Waals surface area (Å²) in [7, 11) is 0. The van der Waals surface area contributed by atoms with Crippen molar-refractivity contribution in [3.05, 3.63) is 146 Å². The van der Waals surface area contributed by atoms with Gasteiger partial charge in [-0.3, -0.25) is 14.4 Å². The molecule has 83 heavy (non-hydrogen) atoms. The number of unbranched alkanes of at least 4 members (excludes halogenated alkanes) is 26. The summed E-state index contributed by atoms with van der Waals surface area (Å²) >= 11 is 0. The molecule has 0 aromatic rings. The van der Waals surface area contributed by atoms with Gasteiger partial charge in [0.2, 0.25) is 0 Å². The van der Waals surface area contributed by atoms with Crippen LogP contribution in [0.2, 0.25) is 0 Å². The van der Waals surface area contributed by atoms with Crippen molar-refractivity contribution in [2.24, 2.45) is 0 Å². The molecule has 0 heterocycles. The normalized spacial score (nSPS) is 13.0. The van der Waals surface area contributed by atoms with E-state index in [1.165, 1.54) is 135 Å². The van der Waals surface area contributed by atoms with Crippen LogP contribution in [0.5, 0.6) is 0 Å². The Morgan fingerprint density at radius 2 is 0.494 bits per heavy atom. The highest BCUT2D eigenvalue weighted by atomic mass is 16.6. The summed E-state index contributed by atoms with van der Waals surface area (Å²) in [5, 5.41) is 0. The fourth-order valence-electron chi connectivity index (χ4n) is 9.26. The first-order chi connectivity index (χ1) is 41.0. The Morgan fingerprint density at radius 1 is 0.253 bits per heavy atom. The molecule has 0 bridgehead atoms. The standard InChI is InChI=1S/C77H126O6/c1-4-7-10-13-16-19-22-25-27-29-31-33-34-35-36-37-38-39-40-41-42-44-45-47-49-52-55-58-61-64-67-70-76(79)82-73-74(72-81-75(78)69-66-63-60-57-54-51-24-21-18-15-12-9-6-3)83-77(80)71-68-65-62-59-56-53-50-48-46-43-32-30-28-26-23-20-17-14-11-8-5-2/h7,9-10,12,16,18-19,21,23,25-27,30-33,35-36,46,48,51,54,60,63,74H,4-6,8,11,13-15,17,20,22,24,28-29,34,37-45,47,49-50,52-53,55-59,61-62,64-73H2,1-3H3/b10-7-,12-9-,19-16-,21-18-,26-23-,27-25-,32-30-,33-31-,36-35-,48-46-,54-51-,63-60-. The number of rotatable bonds is 61. The first-order valence-corrected chi connectivity index (χ1v) is 34.3. The third-order valence-electron chi connectivity index (χ3n) is 14.3. The monoisotopic (exact) mass is 1150 g/mol. The zero-order valence-corrected chi connectivity index (χ0v) is 53.9. The quantitative estimate of drug-likeness (QED) is 0.0261. The molecule has 6 nitrogen and oxygen atoms in total. The van der Waals surface area contributed by atoms with E-state index in [4.69, 9.17) is 14.2 Å². The number of carbonyl (C=O) groups is 3. The molecule has 0 aromatic heterocycles. The van der Waals surface area contributed by atoms with Crippen molar-refractivity contribution in [1.29, 1.82) is 0 Å². The molecule has 0 rings (SSSR count). The number of hydrogen-bond donors (Lipinski definition) is 0. The summed E-state index contributed by atoms with van der Waals surface area (Å²) in [6.07, 6.45) is 100. The predicted molar refractivity (Wildman–Crippen MR) is 362 cm³/mol. The lowest BCUT2D eigenvalue weighted by Gasteiger charge is -2.18. The van der Waals surface area contributed by atoms with Gasteiger partial charge < -0.3 is 14.2 Å². The molecular weight excluding hydrogens is 1020 g/mol. The maximum atomic E-state index is 12.9. The Hall–Kier alpha value is -4.71. The highest BCUT2D eigenvalue weighted by Crippen LogP contribution is 2.16. The topological polar surface area (TPSA) is 78.9 Å². The average molecular weight is 1150 g/mol. The summed E-state index contributed by atoms with van der Waals surface area (Å²) in [5.74, 6) is -1.00. The number of esters is 3. The van der Waals surface area contributed by atoms with Gasteiger partial charge in [0, 0.05) is 19.3 Å². The van der Waals surface area contributed by atoms with Crippen LogP contribution in [0, 0.1) is 0 Å². The molecular formula is C77H126O6. The van der Waals surface area contributed by atoms with E-state index in [0.717, 1.165) is 122 Å². The van der Waals surface area contributed by atoms with Crippen LogP contribution in [0.1, 0.15) is 303 Å². The predicted octanol–water partition coefficient (Wildman–Crippen LogP) is 23.9. The molecule has 6 heteroatoms. The lowest BCUT2D eigenvalue weighted by atomic mass is 10.0. The molecule has 1 unspecified atom stereocenters. The fourth-order valence-corrected chi connectivity index (χ4v) is 9.26. The molecule has 1 atom stereocenters. The molecule has 0 spiro atoms. The van der Waals surface area contributed by atoms with Crippen molar-refractivity contribution in [2.75, 3.05) is 13.2 Å². The van der Waals surface area contributed by atoms with Crippen LogP contribution >= 0.6 is 0 Å². The van der Waals surface area contributed by atoms with E-state index in [1.807, 2.05) is 6.08 Å². The van der Waals surface area contributed by atoms with Gasteiger partial charge in [0.15, 0.2) is 6.10 Å². The van der Waals surface area contributed by atoms with Crippen LogP contribution in [0.4, 0.5) is 0 Å². The van der Waals surface area contributed by atoms with E-state index in [9.17, 15) is 14.4 Å². The molecule has 0 radical (unpaired) electrons. The van der Waals surface area contributed by atoms with E-state index in [1.54, 1.807) is 0 Å². The van der Waals surface area contributed by atoms with Crippen molar-refractivity contribution in [2.45, 2.75) is 309 Å². The van der Waals surface area contributed by atoms with Crippen LogP contribution < -0.4 is 0 Å². The van der Waals surface area contributed by atoms with Crippen LogP contribution in [-0.2, 0) is 28.6 Å². The van der Waals surface area contributed by atoms with E-state index in [2.05, 4.69) is 161 Å². The average Bonchev–Trinajstić information content (AvgIpc) is 3.49. The van der Waals surface area contributed by atoms with E-state index < -0.39 is 6.10 Å². The number of ether oxygens (including phenoxy) is 3. The minimum Gasteiger partial charge on any atom is -0.462 e. The van der Waals surface area contributed by atoms with Crippen molar-refractivity contribution < 1.29 is 28.6 Å². The van der Waals surface area contributed by atoms with E-state index >= 15 is 0 Å². The summed E-state index contributed by atoms with van der Waals surface area (Å²) in [6.45, 7) is 6.34. The van der Waals surface area contributed by atoms with Gasteiger partial charge in [0.1, 0.15) is 13.2 Å². The Morgan fingerprint density at radius 3 is 0.807 bits per heavy atom. The SMILES string of the molecule is CC/C=C\C/C=C\C/C=C\C/C=C\C/C=C\CCCCCCCCCCCCCCCCCC(=O)OCC(COC(=O)CC/C=C\C/C=C\C/C=C\C/C=C\CC)OC(=O)CCCCCCCC/C=C\C/C=C\C/C=C\CCCCCCC. The lowest BCUT2D eigenvalue weighted by molar-refractivity contribution is -0.166. The maximum absolute atomic E-state index is 12.9. The molecule has 0 fully saturated rings. The molecule has 0 saturated carbocycles. The van der Waals surface area contributed by atoms with Crippen molar-refractivity contribution in [1.82, 2.24) is 0 Å². The Kier molecular flexibility index (Phi) is 65.8. The van der Waals surface area contributed by atoms with Gasteiger partial charge >= 0.3 is 17.9 Å². The van der Waals surface area contributed by atoms with Gasteiger partial charge in [-0.05, 0) is 128 Å². The van der Waals surface area contributed by atoms with Gasteiger partial charge in [-0.1, -0.05) is 301 Å². The van der Waals surface area contributed by atoms with Crippen molar-refractivity contribution in [3.8, 4) is 0 Å². The molecule has 0 amide bonds. The molecule has 0 N–H and O–H groups in total. The number of allylic oxidation sites excluding steroid dienone is 24. The third-order valence-corrected chi connectivity index (χ3v) is 14.3. The second kappa shape index (κ2) is 69.8. The summed E-state index contributed by atoms with van der Waals surface area (Å²) in [5.41, 5.74) is 0. The minimum atomic E-state index is -0.820. The zero-order valence-electron chi connectivity index (χ0n) is 53.9. The van der Waals surface area contributed by atoms with Crippen LogP contribution in [-0.4, -0.2) is 37.2 Å². The Balaban J connectivity index is 4.31. The summed E-state index contributed by atoms with van der Waals surface area (Å²) < 4.78 is 16.9. The van der Waals surface area contributed by atoms with Crippen molar-refractivity contribution in [3.63, 3.8) is 0 Å². The van der Waals surface area contributed by atoms with Gasteiger partial charge in [-0.2, -0.15) is 0 Å². The molecule has 0 aliphatic heterocycles. The van der Waals surface area contributed by atoms with Gasteiger partial charge in [-0.15, -0.1) is 0 Å². The Labute approximate surface area is 512 Å². The van der Waals surface area contributed by atoms with Crippen molar-refractivity contribution >= 4 is 17.9 Å². The second-order valence-corrected chi connectivity index (χ2v) is 22.3. The smallest absolute Gasteiger partial charge is 0.306 e. The first kappa shape index (κ1) is 78.3. The number of hydrogen-bond acceptors (Lipinski definition) is 6. The van der Waals surface area contributed by atoms with Crippen LogP contribution in [0.15, 0.2) is 146 Å². The lowest BCUT2D eigenvalue weighted by Crippen LogP contribution is -2.30. The van der Waals surface area contributed by atoms with Gasteiger partial charge in [0.25, 0.3) is 0 Å². The second-order valence-electron chi connectivity index (χ2n) is 22.3. The Bertz CT molecular complexity index is 1800. The largest absolute Gasteiger partial charge is 0.462 e. The molecule has 470 valence electrons. The minimum absolute atomic E-state index is 0.109. The maximum Gasteiger partial charge on any atom is 0.306 e. The molecule has 0 aliphatic carbocycles. The molecule has 0 aromatic carbocycles. The van der Waals surface area contributed by atoms with Crippen LogP contribution in [0.3, 0.4) is 0 Å². The fraction of sp³-hybridized carbons (Fsp3) is 0.649. The first-order valence-electron chi connectivity index (χ1n) is 34.3. The van der Waals surface area contributed by atoms with Crippen LogP contribution in [0.25, 0.3) is 0 Å². The zero-order chi connectivity index (χ0) is 59.9. The highest BCUT2D eigenvalue weighted by molar-refractivity contribution is 5.71. The summed E-state index contributed by atoms with van der Waals surface area (Å²) in [6, 6.07) is 0. The summed E-state index contributed by atoms with van der Waals surface area (Å²) in [4.78, 5) is 38.3. The van der Waals surface area contributed by atoms with Gasteiger partial charge in [0.05, 0.1) is 0 Å². The highest BCUT2D eigenvalue weighted by Gasteiger charge is 2.19.